The summed E-state index contributed by atoms with van der Waals surface area (Å²) >= 11 is 0. The number of halogens is 1. The normalized spacial score (nSPS) is 11.4. The highest BCUT2D eigenvalue weighted by Gasteiger charge is 2.20. The molecule has 1 heterocycles. The minimum atomic E-state index is -0.886. The smallest absolute Gasteiger partial charge is 0.252 e. The molecule has 1 aromatic heterocycles. The van der Waals surface area contributed by atoms with E-state index in [2.05, 4.69) is 20.9 Å². The number of anilines is 4. The molecule has 8 N–H and O–H groups in total. The zero-order valence-electron chi connectivity index (χ0n) is 15.5. The second-order valence-corrected chi connectivity index (χ2v) is 5.87. The van der Waals surface area contributed by atoms with Gasteiger partial charge in [0.05, 0.1) is 11.3 Å². The van der Waals surface area contributed by atoms with Gasteiger partial charge in [0, 0.05) is 24.5 Å². The summed E-state index contributed by atoms with van der Waals surface area (Å²) in [7, 11) is 1.70. The molecule has 10 heteroatoms. The van der Waals surface area contributed by atoms with E-state index >= 15 is 0 Å². The molecule has 0 bridgehead atoms. The lowest BCUT2D eigenvalue weighted by Crippen LogP contribution is -2.35. The first-order valence-electron chi connectivity index (χ1n) is 8.46. The van der Waals surface area contributed by atoms with Gasteiger partial charge >= 0.3 is 0 Å². The van der Waals surface area contributed by atoms with Crippen molar-refractivity contribution in [3.8, 4) is 0 Å². The number of nitrogens with two attached hydrogens (primary N) is 2. The summed E-state index contributed by atoms with van der Waals surface area (Å²) < 4.78 is 14.4. The average Bonchev–Trinajstić information content (AvgIpc) is 2.67. The molecule has 1 atom stereocenters. The number of aromatic nitrogens is 1. The van der Waals surface area contributed by atoms with Gasteiger partial charge in [0.1, 0.15) is 11.9 Å². The van der Waals surface area contributed by atoms with Gasteiger partial charge in [0.15, 0.2) is 11.6 Å². The van der Waals surface area contributed by atoms with E-state index in [1.165, 1.54) is 0 Å². The predicted octanol–water partition coefficient (Wildman–Crippen LogP) is 1.78. The largest absolute Gasteiger partial charge is 0.388 e. The first kappa shape index (κ1) is 20.6. The molecule has 0 spiro atoms. The van der Waals surface area contributed by atoms with Gasteiger partial charge in [-0.1, -0.05) is 13.0 Å². The van der Waals surface area contributed by atoms with Crippen molar-refractivity contribution in [1.29, 1.82) is 5.41 Å². The molecule has 0 fully saturated rings. The molecule has 0 radical (unpaired) electrons. The summed E-state index contributed by atoms with van der Waals surface area (Å²) in [6.07, 6.45) is 1.44. The molecule has 0 aliphatic rings. The number of pyridine rings is 1. The lowest BCUT2D eigenvalue weighted by molar-refractivity contribution is -0.118. The van der Waals surface area contributed by atoms with Crippen LogP contribution in [0.5, 0.6) is 0 Å². The van der Waals surface area contributed by atoms with Crippen molar-refractivity contribution >= 4 is 41.0 Å². The van der Waals surface area contributed by atoms with Gasteiger partial charge in [0.25, 0.3) is 5.91 Å². The van der Waals surface area contributed by atoms with E-state index in [9.17, 15) is 14.0 Å². The quantitative estimate of drug-likeness (QED) is 0.360. The Balaban J connectivity index is 2.53. The molecule has 2 rings (SSSR count). The van der Waals surface area contributed by atoms with Crippen molar-refractivity contribution in [2.75, 3.05) is 23.0 Å². The molecule has 0 saturated carbocycles. The SMILES string of the molecule is CCC(Nc1nc(Nc2cccc(NC)c2C=N)c(C(N)=O)cc1F)C(N)=O. The minimum absolute atomic E-state index is 0.0212. The van der Waals surface area contributed by atoms with Crippen molar-refractivity contribution in [2.24, 2.45) is 11.5 Å². The molecule has 148 valence electrons. The number of nitrogens with one attached hydrogen (secondary N) is 4. The number of rotatable bonds is 9. The van der Waals surface area contributed by atoms with Crippen LogP contribution in [0.1, 0.15) is 29.3 Å². The Morgan fingerprint density at radius 3 is 2.50 bits per heavy atom. The Hall–Kier alpha value is -3.69. The van der Waals surface area contributed by atoms with Gasteiger partial charge in [0.2, 0.25) is 5.91 Å². The molecule has 2 amide bonds. The number of nitrogens with zero attached hydrogens (tertiary/aromatic N) is 1. The van der Waals surface area contributed by atoms with Gasteiger partial charge < -0.3 is 32.8 Å². The van der Waals surface area contributed by atoms with Crippen molar-refractivity contribution in [3.63, 3.8) is 0 Å². The van der Waals surface area contributed by atoms with Gasteiger partial charge in [-0.25, -0.2) is 9.37 Å². The number of carbonyl (C=O) groups is 2. The number of primary amides is 2. The number of hydrogen-bond donors (Lipinski definition) is 6. The second kappa shape index (κ2) is 8.80. The van der Waals surface area contributed by atoms with E-state index in [1.807, 2.05) is 0 Å². The maximum absolute atomic E-state index is 14.4. The van der Waals surface area contributed by atoms with Crippen LogP contribution < -0.4 is 27.4 Å². The molecule has 9 nitrogen and oxygen atoms in total. The summed E-state index contributed by atoms with van der Waals surface area (Å²) in [6.45, 7) is 1.71. The Labute approximate surface area is 161 Å². The maximum Gasteiger partial charge on any atom is 0.252 e. The fourth-order valence-corrected chi connectivity index (χ4v) is 2.59. The van der Waals surface area contributed by atoms with Crippen molar-refractivity contribution in [3.05, 3.63) is 41.2 Å². The predicted molar refractivity (Wildman–Crippen MR) is 107 cm³/mol. The van der Waals surface area contributed by atoms with E-state index < -0.39 is 23.7 Å². The molecule has 1 aromatic carbocycles. The van der Waals surface area contributed by atoms with Crippen LogP contribution in [0.15, 0.2) is 24.3 Å². The van der Waals surface area contributed by atoms with Crippen LogP contribution in [0.2, 0.25) is 0 Å². The van der Waals surface area contributed by atoms with Gasteiger partial charge in [-0.05, 0) is 24.6 Å². The molecule has 28 heavy (non-hydrogen) atoms. The molecule has 2 aromatic rings. The number of benzene rings is 1. The summed E-state index contributed by atoms with van der Waals surface area (Å²) in [4.78, 5) is 27.3. The second-order valence-electron chi connectivity index (χ2n) is 5.87. The van der Waals surface area contributed by atoms with Crippen LogP contribution in [0.4, 0.5) is 27.4 Å². The summed E-state index contributed by atoms with van der Waals surface area (Å²) in [6, 6.07) is 5.26. The van der Waals surface area contributed by atoms with Crippen LogP contribution in [-0.2, 0) is 4.79 Å². The fourth-order valence-electron chi connectivity index (χ4n) is 2.59. The summed E-state index contributed by atoms with van der Waals surface area (Å²) in [5.74, 6) is -2.67. The maximum atomic E-state index is 14.4. The molecule has 0 aliphatic carbocycles. The highest BCUT2D eigenvalue weighted by molar-refractivity contribution is 6.00. The van der Waals surface area contributed by atoms with Crippen LogP contribution in [-0.4, -0.2) is 36.1 Å². The average molecular weight is 387 g/mol. The summed E-state index contributed by atoms with van der Waals surface area (Å²) in [5, 5.41) is 16.1. The highest BCUT2D eigenvalue weighted by Crippen LogP contribution is 2.28. The van der Waals surface area contributed by atoms with E-state index in [-0.39, 0.29) is 17.2 Å². The third-order valence-electron chi connectivity index (χ3n) is 4.08. The Kier molecular flexibility index (Phi) is 6.48. The minimum Gasteiger partial charge on any atom is -0.388 e. The number of hydrogen-bond acceptors (Lipinski definition) is 7. The lowest BCUT2D eigenvalue weighted by atomic mass is 10.1. The summed E-state index contributed by atoms with van der Waals surface area (Å²) in [5.41, 5.74) is 12.1. The Morgan fingerprint density at radius 2 is 1.96 bits per heavy atom. The Bertz CT molecular complexity index is 917. The topological polar surface area (TPSA) is 159 Å². The third kappa shape index (κ3) is 4.34. The van der Waals surface area contributed by atoms with Crippen molar-refractivity contribution in [2.45, 2.75) is 19.4 Å². The van der Waals surface area contributed by atoms with E-state index in [0.29, 0.717) is 23.4 Å². The zero-order chi connectivity index (χ0) is 20.8. The van der Waals surface area contributed by atoms with Crippen LogP contribution >= 0.6 is 0 Å². The monoisotopic (exact) mass is 387 g/mol. The van der Waals surface area contributed by atoms with Gasteiger partial charge in [-0.15, -0.1) is 0 Å². The lowest BCUT2D eigenvalue weighted by Gasteiger charge is -2.18. The first-order chi connectivity index (χ1) is 13.3. The van der Waals surface area contributed by atoms with Crippen LogP contribution in [0.25, 0.3) is 0 Å². The number of carbonyl (C=O) groups excluding carboxylic acids is 2. The highest BCUT2D eigenvalue weighted by atomic mass is 19.1. The fraction of sp³-hybridized carbons (Fsp3) is 0.222. The molecule has 0 saturated heterocycles. The van der Waals surface area contributed by atoms with E-state index in [4.69, 9.17) is 16.9 Å². The van der Waals surface area contributed by atoms with Crippen molar-refractivity contribution in [1.82, 2.24) is 4.98 Å². The third-order valence-corrected chi connectivity index (χ3v) is 4.08. The van der Waals surface area contributed by atoms with Crippen molar-refractivity contribution < 1.29 is 14.0 Å². The first-order valence-corrected chi connectivity index (χ1v) is 8.46. The van der Waals surface area contributed by atoms with Crippen LogP contribution in [0.3, 0.4) is 0 Å². The van der Waals surface area contributed by atoms with Gasteiger partial charge in [-0.2, -0.15) is 0 Å². The molecular weight excluding hydrogens is 365 g/mol. The zero-order valence-corrected chi connectivity index (χ0v) is 15.5. The molecular formula is C18H22FN7O2. The molecule has 1 unspecified atom stereocenters. The van der Waals surface area contributed by atoms with E-state index in [0.717, 1.165) is 12.3 Å². The van der Waals surface area contributed by atoms with Gasteiger partial charge in [-0.3, -0.25) is 9.59 Å². The van der Waals surface area contributed by atoms with Crippen LogP contribution in [0, 0.1) is 11.2 Å². The number of amides is 2. The van der Waals surface area contributed by atoms with E-state index in [1.54, 1.807) is 32.2 Å². The standard InChI is InChI=1S/C18H22FN7O2/c1-3-12(16(22)28)24-18-11(19)7-9(15(21)27)17(26-18)25-14-6-4-5-13(23-2)10(14)8-20/h4-8,12,20,23H,3H2,1-2H3,(H2,21,27)(H2,22,28)(H2,24,25,26). The molecule has 0 aliphatic heterocycles. The Morgan fingerprint density at radius 1 is 1.29 bits per heavy atom.